The molecule has 0 atom stereocenters. The Hall–Kier alpha value is -0.700. The molecule has 0 aliphatic carbocycles. The number of rotatable bonds is 1. The smallest absolute Gasteiger partial charge is 0.132 e. The van der Waals surface area contributed by atoms with Gasteiger partial charge in [-0.1, -0.05) is 0 Å². The zero-order valence-corrected chi connectivity index (χ0v) is 7.97. The van der Waals surface area contributed by atoms with Gasteiger partial charge in [0.1, 0.15) is 11.5 Å². The highest BCUT2D eigenvalue weighted by Crippen LogP contribution is 2.31. The van der Waals surface area contributed by atoms with Gasteiger partial charge in [-0.2, -0.15) is 0 Å². The minimum Gasteiger partial charge on any atom is -0.506 e. The molecule has 0 saturated carbocycles. The molecule has 0 spiro atoms. The SMILES string of the molecule is COc1cc(C)c(O)c(Br)c1. The molecule has 0 saturated heterocycles. The maximum atomic E-state index is 9.32. The Morgan fingerprint density at radius 3 is 2.55 bits per heavy atom. The number of methoxy groups -OCH3 is 1. The molecule has 0 aliphatic rings. The first-order valence-corrected chi connectivity index (χ1v) is 3.97. The van der Waals surface area contributed by atoms with Crippen LogP contribution in [0.4, 0.5) is 0 Å². The zero-order valence-electron chi connectivity index (χ0n) is 6.39. The predicted octanol–water partition coefficient (Wildman–Crippen LogP) is 2.47. The first kappa shape index (κ1) is 8.40. The van der Waals surface area contributed by atoms with E-state index in [1.807, 2.05) is 6.92 Å². The van der Waals surface area contributed by atoms with Crippen LogP contribution in [-0.4, -0.2) is 12.2 Å². The van der Waals surface area contributed by atoms with Crippen LogP contribution in [0.5, 0.6) is 11.5 Å². The minimum atomic E-state index is 0.269. The molecule has 0 fully saturated rings. The van der Waals surface area contributed by atoms with Crippen molar-refractivity contribution in [2.45, 2.75) is 6.92 Å². The van der Waals surface area contributed by atoms with Crippen molar-refractivity contribution in [2.75, 3.05) is 7.11 Å². The van der Waals surface area contributed by atoms with E-state index in [2.05, 4.69) is 15.9 Å². The highest BCUT2D eigenvalue weighted by atomic mass is 79.9. The molecular weight excluding hydrogens is 208 g/mol. The summed E-state index contributed by atoms with van der Waals surface area (Å²) in [5, 5.41) is 9.32. The summed E-state index contributed by atoms with van der Waals surface area (Å²) in [7, 11) is 1.60. The van der Waals surface area contributed by atoms with Crippen molar-refractivity contribution in [1.29, 1.82) is 0 Å². The van der Waals surface area contributed by atoms with Gasteiger partial charge in [0.05, 0.1) is 11.6 Å². The molecule has 1 rings (SSSR count). The van der Waals surface area contributed by atoms with Gasteiger partial charge in [0.2, 0.25) is 0 Å². The maximum Gasteiger partial charge on any atom is 0.132 e. The normalized spacial score (nSPS) is 9.73. The molecule has 0 unspecified atom stereocenters. The second kappa shape index (κ2) is 3.13. The third-order valence-electron chi connectivity index (χ3n) is 1.46. The van der Waals surface area contributed by atoms with Crippen LogP contribution in [0.25, 0.3) is 0 Å². The number of phenols is 1. The van der Waals surface area contributed by atoms with Crippen LogP contribution in [0.3, 0.4) is 0 Å². The van der Waals surface area contributed by atoms with E-state index in [9.17, 15) is 5.11 Å². The number of phenolic OH excluding ortho intramolecular Hbond substituents is 1. The third-order valence-corrected chi connectivity index (χ3v) is 2.07. The predicted molar refractivity (Wildman–Crippen MR) is 47.1 cm³/mol. The number of ether oxygens (including phenoxy) is 1. The summed E-state index contributed by atoms with van der Waals surface area (Å²) in [6.45, 7) is 1.82. The standard InChI is InChI=1S/C8H9BrO2/c1-5-3-6(11-2)4-7(9)8(5)10/h3-4,10H,1-2H3. The summed E-state index contributed by atoms with van der Waals surface area (Å²) in [6, 6.07) is 3.50. The number of hydrogen-bond donors (Lipinski definition) is 1. The van der Waals surface area contributed by atoms with Crippen LogP contribution < -0.4 is 4.74 Å². The number of hydrogen-bond acceptors (Lipinski definition) is 2. The highest BCUT2D eigenvalue weighted by molar-refractivity contribution is 9.10. The van der Waals surface area contributed by atoms with Crippen molar-refractivity contribution in [3.63, 3.8) is 0 Å². The van der Waals surface area contributed by atoms with Crippen LogP contribution in [0.2, 0.25) is 0 Å². The van der Waals surface area contributed by atoms with E-state index in [0.29, 0.717) is 4.47 Å². The van der Waals surface area contributed by atoms with Crippen LogP contribution in [0.15, 0.2) is 16.6 Å². The van der Waals surface area contributed by atoms with Gasteiger partial charge in [-0.3, -0.25) is 0 Å². The lowest BCUT2D eigenvalue weighted by Gasteiger charge is -2.04. The lowest BCUT2D eigenvalue weighted by molar-refractivity contribution is 0.410. The average molecular weight is 217 g/mol. The molecule has 1 aromatic carbocycles. The van der Waals surface area contributed by atoms with Gasteiger partial charge in [-0.05, 0) is 40.5 Å². The molecule has 2 nitrogen and oxygen atoms in total. The van der Waals surface area contributed by atoms with Gasteiger partial charge in [0, 0.05) is 0 Å². The minimum absolute atomic E-state index is 0.269. The fourth-order valence-electron chi connectivity index (χ4n) is 0.823. The summed E-state index contributed by atoms with van der Waals surface area (Å²) in [5.41, 5.74) is 0.802. The van der Waals surface area contributed by atoms with Gasteiger partial charge < -0.3 is 9.84 Å². The fraction of sp³-hybridized carbons (Fsp3) is 0.250. The van der Waals surface area contributed by atoms with Gasteiger partial charge in [0.25, 0.3) is 0 Å². The quantitative estimate of drug-likeness (QED) is 0.782. The third kappa shape index (κ3) is 1.66. The van der Waals surface area contributed by atoms with Crippen molar-refractivity contribution < 1.29 is 9.84 Å². The van der Waals surface area contributed by atoms with Gasteiger partial charge in [-0.15, -0.1) is 0 Å². The number of halogens is 1. The largest absolute Gasteiger partial charge is 0.506 e. The summed E-state index contributed by atoms with van der Waals surface area (Å²) >= 11 is 3.21. The molecule has 3 heteroatoms. The Balaban J connectivity index is 3.21. The average Bonchev–Trinajstić information content (AvgIpc) is 1.99. The Morgan fingerprint density at radius 2 is 2.09 bits per heavy atom. The van der Waals surface area contributed by atoms with Gasteiger partial charge in [-0.25, -0.2) is 0 Å². The van der Waals surface area contributed by atoms with Gasteiger partial charge >= 0.3 is 0 Å². The molecular formula is C8H9BrO2. The van der Waals surface area contributed by atoms with E-state index >= 15 is 0 Å². The van der Waals surface area contributed by atoms with Crippen molar-refractivity contribution in [3.05, 3.63) is 22.2 Å². The molecule has 1 N–H and O–H groups in total. The molecule has 0 aliphatic heterocycles. The summed E-state index contributed by atoms with van der Waals surface area (Å²) < 4.78 is 5.65. The van der Waals surface area contributed by atoms with Crippen LogP contribution in [-0.2, 0) is 0 Å². The number of aromatic hydroxyl groups is 1. The van der Waals surface area contributed by atoms with E-state index in [4.69, 9.17) is 4.74 Å². The molecule has 0 amide bonds. The molecule has 60 valence electrons. The summed E-state index contributed by atoms with van der Waals surface area (Å²) in [6.07, 6.45) is 0. The molecule has 0 aromatic heterocycles. The van der Waals surface area contributed by atoms with E-state index in [1.165, 1.54) is 0 Å². The van der Waals surface area contributed by atoms with E-state index in [1.54, 1.807) is 19.2 Å². The number of aryl methyl sites for hydroxylation is 1. The molecule has 0 heterocycles. The van der Waals surface area contributed by atoms with E-state index in [0.717, 1.165) is 11.3 Å². The van der Waals surface area contributed by atoms with Crippen molar-refractivity contribution >= 4 is 15.9 Å². The Kier molecular flexibility index (Phi) is 2.39. The van der Waals surface area contributed by atoms with Crippen LogP contribution in [0, 0.1) is 6.92 Å². The van der Waals surface area contributed by atoms with Crippen molar-refractivity contribution in [3.8, 4) is 11.5 Å². The first-order chi connectivity index (χ1) is 5.15. The molecule has 11 heavy (non-hydrogen) atoms. The van der Waals surface area contributed by atoms with Crippen molar-refractivity contribution in [2.24, 2.45) is 0 Å². The first-order valence-electron chi connectivity index (χ1n) is 3.18. The summed E-state index contributed by atoms with van der Waals surface area (Å²) in [5.74, 6) is 1.01. The fourth-order valence-corrected chi connectivity index (χ4v) is 1.36. The second-order valence-electron chi connectivity index (χ2n) is 2.27. The van der Waals surface area contributed by atoms with Crippen molar-refractivity contribution in [1.82, 2.24) is 0 Å². The lowest BCUT2D eigenvalue weighted by atomic mass is 10.2. The Morgan fingerprint density at radius 1 is 1.45 bits per heavy atom. The van der Waals surface area contributed by atoms with Crippen LogP contribution >= 0.6 is 15.9 Å². The summed E-state index contributed by atoms with van der Waals surface area (Å²) in [4.78, 5) is 0. The van der Waals surface area contributed by atoms with E-state index in [-0.39, 0.29) is 5.75 Å². The number of benzene rings is 1. The molecule has 0 bridgehead atoms. The zero-order chi connectivity index (χ0) is 8.43. The van der Waals surface area contributed by atoms with Crippen LogP contribution in [0.1, 0.15) is 5.56 Å². The Labute approximate surface area is 73.9 Å². The monoisotopic (exact) mass is 216 g/mol. The molecule has 0 radical (unpaired) electrons. The molecule has 1 aromatic rings. The Bertz CT molecular complexity index is 248. The highest BCUT2D eigenvalue weighted by Gasteiger charge is 2.03. The maximum absolute atomic E-state index is 9.32. The lowest BCUT2D eigenvalue weighted by Crippen LogP contribution is -1.84. The van der Waals surface area contributed by atoms with Gasteiger partial charge in [0.15, 0.2) is 0 Å². The van der Waals surface area contributed by atoms with E-state index < -0.39 is 0 Å². The second-order valence-corrected chi connectivity index (χ2v) is 3.13. The topological polar surface area (TPSA) is 29.5 Å².